The van der Waals surface area contributed by atoms with Gasteiger partial charge in [0, 0.05) is 23.7 Å². The average Bonchev–Trinajstić information content (AvgIpc) is 2.82. The summed E-state index contributed by atoms with van der Waals surface area (Å²) in [6.07, 6.45) is 1.51. The number of hydrogen-bond acceptors (Lipinski definition) is 4. The molecule has 1 unspecified atom stereocenters. The second-order valence-electron chi connectivity index (χ2n) is 4.28. The zero-order valence-corrected chi connectivity index (χ0v) is 12.0. The van der Waals surface area contributed by atoms with Gasteiger partial charge in [-0.15, -0.1) is 0 Å². The number of ether oxygens (including phenoxy) is 1. The van der Waals surface area contributed by atoms with E-state index in [1.807, 2.05) is 32.3 Å². The van der Waals surface area contributed by atoms with Crippen molar-refractivity contribution in [2.45, 2.75) is 19.6 Å². The molecule has 0 bridgehead atoms. The van der Waals surface area contributed by atoms with Gasteiger partial charge in [0.1, 0.15) is 18.7 Å². The molecule has 0 saturated heterocycles. The van der Waals surface area contributed by atoms with Gasteiger partial charge in [0.15, 0.2) is 5.82 Å². The quantitative estimate of drug-likeness (QED) is 0.913. The highest BCUT2D eigenvalue weighted by atomic mass is 35.5. The van der Waals surface area contributed by atoms with Gasteiger partial charge in [-0.3, -0.25) is 4.68 Å². The first-order valence-electron chi connectivity index (χ1n) is 6.04. The van der Waals surface area contributed by atoms with Crippen LogP contribution < -0.4 is 10.1 Å². The first-order valence-corrected chi connectivity index (χ1v) is 6.42. The molecule has 5 nitrogen and oxygen atoms in total. The molecule has 102 valence electrons. The molecule has 2 rings (SSSR count). The lowest BCUT2D eigenvalue weighted by Crippen LogP contribution is -2.14. The zero-order chi connectivity index (χ0) is 13.8. The Morgan fingerprint density at radius 3 is 2.89 bits per heavy atom. The van der Waals surface area contributed by atoms with E-state index in [1.54, 1.807) is 4.68 Å². The maximum absolute atomic E-state index is 6.03. The molecule has 2 aromatic rings. The number of nitrogens with one attached hydrogen (secondary N) is 1. The van der Waals surface area contributed by atoms with Gasteiger partial charge >= 0.3 is 0 Å². The molecule has 6 heteroatoms. The van der Waals surface area contributed by atoms with Crippen molar-refractivity contribution in [2.24, 2.45) is 7.05 Å². The molecule has 1 heterocycles. The van der Waals surface area contributed by atoms with E-state index >= 15 is 0 Å². The van der Waals surface area contributed by atoms with Gasteiger partial charge in [0.25, 0.3) is 0 Å². The molecule has 0 fully saturated rings. The van der Waals surface area contributed by atoms with Crippen LogP contribution in [0.25, 0.3) is 0 Å². The monoisotopic (exact) mass is 280 g/mol. The van der Waals surface area contributed by atoms with Crippen LogP contribution in [0.2, 0.25) is 5.02 Å². The molecule has 1 aromatic carbocycles. The van der Waals surface area contributed by atoms with Crippen molar-refractivity contribution in [1.29, 1.82) is 0 Å². The second kappa shape index (κ2) is 6.04. The number of hydrogen-bond donors (Lipinski definition) is 1. The van der Waals surface area contributed by atoms with E-state index in [0.29, 0.717) is 11.6 Å². The van der Waals surface area contributed by atoms with E-state index < -0.39 is 0 Å². The number of nitrogens with zero attached hydrogens (tertiary/aromatic N) is 3. The largest absolute Gasteiger partial charge is 0.485 e. The maximum atomic E-state index is 6.03. The summed E-state index contributed by atoms with van der Waals surface area (Å²) >= 11 is 6.03. The zero-order valence-electron chi connectivity index (χ0n) is 11.2. The highest BCUT2D eigenvalue weighted by Crippen LogP contribution is 2.28. The Hall–Kier alpha value is -1.59. The van der Waals surface area contributed by atoms with Crippen molar-refractivity contribution in [1.82, 2.24) is 20.1 Å². The van der Waals surface area contributed by atoms with Crippen LogP contribution in [-0.4, -0.2) is 21.8 Å². The standard InChI is InChI=1S/C13H17ClN4O/c1-9(15-2)11-6-10(14)4-5-12(11)19-7-13-16-8-17-18(13)3/h4-6,8-9,15H,7H2,1-3H3. The Morgan fingerprint density at radius 2 is 2.26 bits per heavy atom. The molecule has 1 aromatic heterocycles. The summed E-state index contributed by atoms with van der Waals surface area (Å²) in [5.41, 5.74) is 1.03. The predicted molar refractivity (Wildman–Crippen MR) is 74.3 cm³/mol. The normalized spacial score (nSPS) is 12.4. The number of aryl methyl sites for hydroxylation is 1. The van der Waals surface area contributed by atoms with E-state index in [-0.39, 0.29) is 6.04 Å². The predicted octanol–water partition coefficient (Wildman–Crippen LogP) is 2.33. The summed E-state index contributed by atoms with van der Waals surface area (Å²) in [6.45, 7) is 2.43. The number of rotatable bonds is 5. The Morgan fingerprint density at radius 1 is 1.47 bits per heavy atom. The summed E-state index contributed by atoms with van der Waals surface area (Å²) in [5.74, 6) is 1.58. The molecule has 0 amide bonds. The third-order valence-electron chi connectivity index (χ3n) is 3.03. The van der Waals surface area contributed by atoms with Gasteiger partial charge in [-0.2, -0.15) is 5.10 Å². The summed E-state index contributed by atoms with van der Waals surface area (Å²) in [5, 5.41) is 7.89. The molecule has 0 radical (unpaired) electrons. The molecule has 1 N–H and O–H groups in total. The fraction of sp³-hybridized carbons (Fsp3) is 0.385. The Labute approximate surface area is 117 Å². The van der Waals surface area contributed by atoms with E-state index in [9.17, 15) is 0 Å². The van der Waals surface area contributed by atoms with E-state index in [1.165, 1.54) is 6.33 Å². The first kappa shape index (κ1) is 13.8. The van der Waals surface area contributed by atoms with Gasteiger partial charge in [-0.05, 0) is 32.2 Å². The van der Waals surface area contributed by atoms with Crippen LogP contribution in [0, 0.1) is 0 Å². The highest BCUT2D eigenvalue weighted by molar-refractivity contribution is 6.30. The lowest BCUT2D eigenvalue weighted by molar-refractivity contribution is 0.284. The smallest absolute Gasteiger partial charge is 0.164 e. The van der Waals surface area contributed by atoms with E-state index in [0.717, 1.165) is 17.1 Å². The van der Waals surface area contributed by atoms with Gasteiger partial charge in [-0.1, -0.05) is 11.6 Å². The van der Waals surface area contributed by atoms with Crippen LogP contribution in [0.4, 0.5) is 0 Å². The summed E-state index contributed by atoms with van der Waals surface area (Å²) in [4.78, 5) is 4.13. The lowest BCUT2D eigenvalue weighted by Gasteiger charge is -2.16. The third kappa shape index (κ3) is 3.24. The summed E-state index contributed by atoms with van der Waals surface area (Å²) in [6, 6.07) is 5.77. The van der Waals surface area contributed by atoms with Crippen molar-refractivity contribution in [2.75, 3.05) is 7.05 Å². The third-order valence-corrected chi connectivity index (χ3v) is 3.27. The van der Waals surface area contributed by atoms with Crippen LogP contribution in [0.5, 0.6) is 5.75 Å². The number of halogens is 1. The van der Waals surface area contributed by atoms with Crippen molar-refractivity contribution >= 4 is 11.6 Å². The number of aromatic nitrogens is 3. The second-order valence-corrected chi connectivity index (χ2v) is 4.72. The fourth-order valence-corrected chi connectivity index (χ4v) is 1.92. The molecule has 0 aliphatic carbocycles. The minimum Gasteiger partial charge on any atom is -0.485 e. The molecule has 1 atom stereocenters. The van der Waals surface area contributed by atoms with Crippen molar-refractivity contribution in [3.63, 3.8) is 0 Å². The van der Waals surface area contributed by atoms with Crippen LogP contribution in [0.1, 0.15) is 24.4 Å². The van der Waals surface area contributed by atoms with Gasteiger partial charge in [0.05, 0.1) is 0 Å². The lowest BCUT2D eigenvalue weighted by atomic mass is 10.1. The van der Waals surface area contributed by atoms with Crippen LogP contribution >= 0.6 is 11.6 Å². The molecule has 0 saturated carbocycles. The van der Waals surface area contributed by atoms with Crippen LogP contribution in [0.3, 0.4) is 0 Å². The fourth-order valence-electron chi connectivity index (χ4n) is 1.74. The maximum Gasteiger partial charge on any atom is 0.164 e. The van der Waals surface area contributed by atoms with E-state index in [2.05, 4.69) is 22.3 Å². The summed E-state index contributed by atoms with van der Waals surface area (Å²) < 4.78 is 7.51. The minimum absolute atomic E-state index is 0.160. The van der Waals surface area contributed by atoms with Crippen LogP contribution in [-0.2, 0) is 13.7 Å². The molecule has 19 heavy (non-hydrogen) atoms. The highest BCUT2D eigenvalue weighted by Gasteiger charge is 2.12. The van der Waals surface area contributed by atoms with Gasteiger partial charge < -0.3 is 10.1 Å². The van der Waals surface area contributed by atoms with E-state index in [4.69, 9.17) is 16.3 Å². The first-order chi connectivity index (χ1) is 9.11. The number of benzene rings is 1. The van der Waals surface area contributed by atoms with Crippen LogP contribution in [0.15, 0.2) is 24.5 Å². The molecule has 0 spiro atoms. The summed E-state index contributed by atoms with van der Waals surface area (Å²) in [7, 11) is 3.74. The molecule has 0 aliphatic rings. The average molecular weight is 281 g/mol. The minimum atomic E-state index is 0.160. The Balaban J connectivity index is 2.18. The van der Waals surface area contributed by atoms with Crippen molar-refractivity contribution in [3.05, 3.63) is 40.9 Å². The van der Waals surface area contributed by atoms with Crippen molar-refractivity contribution in [3.8, 4) is 5.75 Å². The Bertz CT molecular complexity index is 555. The van der Waals surface area contributed by atoms with Gasteiger partial charge in [-0.25, -0.2) is 4.98 Å². The Kier molecular flexibility index (Phi) is 4.39. The SMILES string of the molecule is CNC(C)c1cc(Cl)ccc1OCc1ncnn1C. The molecular formula is C13H17ClN4O. The van der Waals surface area contributed by atoms with Crippen molar-refractivity contribution < 1.29 is 4.74 Å². The topological polar surface area (TPSA) is 52.0 Å². The molecule has 0 aliphatic heterocycles. The van der Waals surface area contributed by atoms with Gasteiger partial charge in [0.2, 0.25) is 0 Å². The molecular weight excluding hydrogens is 264 g/mol.